The second kappa shape index (κ2) is 4.36. The van der Waals surface area contributed by atoms with Gasteiger partial charge in [0.25, 0.3) is 0 Å². The molecule has 1 unspecified atom stereocenters. The molecule has 1 N–H and O–H groups in total. The molecule has 110 valence electrons. The number of benzene rings is 1. The molecule has 0 saturated heterocycles. The molecule has 0 bridgehead atoms. The molecule has 2 fully saturated rings. The van der Waals surface area contributed by atoms with E-state index in [-0.39, 0.29) is 0 Å². The number of carboxylic acids is 1. The van der Waals surface area contributed by atoms with E-state index in [4.69, 9.17) is 4.42 Å². The zero-order valence-electron chi connectivity index (χ0n) is 12.3. The van der Waals surface area contributed by atoms with Gasteiger partial charge in [0.05, 0.1) is 0 Å². The lowest BCUT2D eigenvalue weighted by Gasteiger charge is -2.08. The lowest BCUT2D eigenvalue weighted by atomic mass is 9.96. The van der Waals surface area contributed by atoms with Gasteiger partial charge in [0, 0.05) is 11.8 Å². The van der Waals surface area contributed by atoms with Crippen LogP contribution >= 0.6 is 0 Å². The summed E-state index contributed by atoms with van der Waals surface area (Å²) in [6.07, 6.45) is 7.27. The van der Waals surface area contributed by atoms with Gasteiger partial charge in [-0.05, 0) is 48.3 Å². The van der Waals surface area contributed by atoms with Gasteiger partial charge in [-0.3, -0.25) is 0 Å². The summed E-state index contributed by atoms with van der Waals surface area (Å²) in [4.78, 5) is 11.5. The zero-order valence-corrected chi connectivity index (χ0v) is 12.3. The highest BCUT2D eigenvalue weighted by atomic mass is 16.4. The fourth-order valence-electron chi connectivity index (χ4n) is 4.32. The van der Waals surface area contributed by atoms with E-state index in [1.54, 1.807) is 0 Å². The van der Waals surface area contributed by atoms with Crippen molar-refractivity contribution in [1.82, 2.24) is 0 Å². The lowest BCUT2D eigenvalue weighted by molar-refractivity contribution is 0.0696. The number of aromatic carboxylic acids is 1. The van der Waals surface area contributed by atoms with Gasteiger partial charge in [-0.15, -0.1) is 0 Å². The molecule has 1 heterocycles. The summed E-state index contributed by atoms with van der Waals surface area (Å²) in [6.45, 7) is 1.93. The molecular weight excluding hydrogens is 264 g/mol. The first kappa shape index (κ1) is 12.9. The van der Waals surface area contributed by atoms with Gasteiger partial charge in [-0.1, -0.05) is 25.8 Å². The Morgan fingerprint density at radius 1 is 1.38 bits per heavy atom. The van der Waals surface area contributed by atoms with Gasteiger partial charge < -0.3 is 9.52 Å². The SMILES string of the molecule is CCc1oc2ccc(C3CC34CCCC4)cc2c1C(=O)O. The normalized spacial score (nSPS) is 23.0. The lowest BCUT2D eigenvalue weighted by Crippen LogP contribution is -1.99. The summed E-state index contributed by atoms with van der Waals surface area (Å²) in [5, 5.41) is 10.2. The molecule has 2 aliphatic rings. The van der Waals surface area contributed by atoms with E-state index in [1.807, 2.05) is 13.0 Å². The molecule has 1 aromatic carbocycles. The summed E-state index contributed by atoms with van der Waals surface area (Å²) in [5.41, 5.74) is 2.90. The molecule has 4 rings (SSSR count). The third kappa shape index (κ3) is 1.83. The van der Waals surface area contributed by atoms with E-state index in [0.29, 0.717) is 34.7 Å². The van der Waals surface area contributed by atoms with Crippen LogP contribution in [0.5, 0.6) is 0 Å². The number of carboxylic acid groups (broad SMARTS) is 1. The van der Waals surface area contributed by atoms with Crippen molar-refractivity contribution in [3.63, 3.8) is 0 Å². The number of aryl methyl sites for hydroxylation is 1. The van der Waals surface area contributed by atoms with E-state index in [9.17, 15) is 9.90 Å². The average Bonchev–Trinajstić information content (AvgIpc) is 2.84. The van der Waals surface area contributed by atoms with Gasteiger partial charge in [0.15, 0.2) is 0 Å². The number of fused-ring (bicyclic) bond motifs is 1. The molecule has 0 aliphatic heterocycles. The maximum Gasteiger partial charge on any atom is 0.339 e. The fraction of sp³-hybridized carbons (Fsp3) is 0.500. The molecule has 21 heavy (non-hydrogen) atoms. The number of hydrogen-bond donors (Lipinski definition) is 1. The van der Waals surface area contributed by atoms with Crippen LogP contribution in [0.1, 0.15) is 66.6 Å². The van der Waals surface area contributed by atoms with Crippen molar-refractivity contribution in [3.8, 4) is 0 Å². The Morgan fingerprint density at radius 2 is 2.14 bits per heavy atom. The predicted octanol–water partition coefficient (Wildman–Crippen LogP) is 4.74. The minimum absolute atomic E-state index is 0.357. The summed E-state index contributed by atoms with van der Waals surface area (Å²) < 4.78 is 5.70. The smallest absolute Gasteiger partial charge is 0.339 e. The molecule has 1 spiro atoms. The number of rotatable bonds is 3. The molecule has 2 aromatic rings. The van der Waals surface area contributed by atoms with Crippen molar-refractivity contribution >= 4 is 16.9 Å². The molecule has 3 heteroatoms. The first-order chi connectivity index (χ1) is 10.1. The highest BCUT2D eigenvalue weighted by molar-refractivity contribution is 6.03. The molecule has 2 aliphatic carbocycles. The Labute approximate surface area is 124 Å². The van der Waals surface area contributed by atoms with Gasteiger partial charge in [-0.2, -0.15) is 0 Å². The maximum absolute atomic E-state index is 11.5. The van der Waals surface area contributed by atoms with Crippen LogP contribution in [-0.2, 0) is 6.42 Å². The topological polar surface area (TPSA) is 50.4 Å². The molecule has 1 atom stereocenters. The summed E-state index contributed by atoms with van der Waals surface area (Å²) in [7, 11) is 0. The minimum Gasteiger partial charge on any atom is -0.478 e. The van der Waals surface area contributed by atoms with Crippen LogP contribution in [0, 0.1) is 5.41 Å². The van der Waals surface area contributed by atoms with Crippen molar-refractivity contribution in [1.29, 1.82) is 0 Å². The van der Waals surface area contributed by atoms with Crippen molar-refractivity contribution in [3.05, 3.63) is 35.1 Å². The standard InChI is InChI=1S/C18H20O3/c1-2-14-16(17(19)20)12-9-11(5-6-15(12)21-14)13-10-18(13)7-3-4-8-18/h5-6,9,13H,2-4,7-8,10H2,1H3,(H,19,20). The Kier molecular flexibility index (Phi) is 2.69. The molecule has 3 nitrogen and oxygen atoms in total. The molecule has 1 aromatic heterocycles. The van der Waals surface area contributed by atoms with Crippen LogP contribution in [0.25, 0.3) is 11.0 Å². The molecule has 0 radical (unpaired) electrons. The van der Waals surface area contributed by atoms with Crippen LogP contribution in [0.15, 0.2) is 22.6 Å². The summed E-state index contributed by atoms with van der Waals surface area (Å²) >= 11 is 0. The van der Waals surface area contributed by atoms with Crippen molar-refractivity contribution in [2.75, 3.05) is 0 Å². The second-order valence-electron chi connectivity index (χ2n) is 6.64. The van der Waals surface area contributed by atoms with E-state index < -0.39 is 5.97 Å². The van der Waals surface area contributed by atoms with Crippen LogP contribution in [0.4, 0.5) is 0 Å². The van der Waals surface area contributed by atoms with E-state index in [1.165, 1.54) is 37.7 Å². The van der Waals surface area contributed by atoms with E-state index in [0.717, 1.165) is 5.39 Å². The number of carbonyl (C=O) groups is 1. The van der Waals surface area contributed by atoms with Crippen molar-refractivity contribution < 1.29 is 14.3 Å². The second-order valence-corrected chi connectivity index (χ2v) is 6.64. The quantitative estimate of drug-likeness (QED) is 0.885. The molecule has 2 saturated carbocycles. The monoisotopic (exact) mass is 284 g/mol. The van der Waals surface area contributed by atoms with Crippen LogP contribution in [0.2, 0.25) is 0 Å². The predicted molar refractivity (Wildman–Crippen MR) is 80.8 cm³/mol. The third-order valence-electron chi connectivity index (χ3n) is 5.51. The van der Waals surface area contributed by atoms with Crippen LogP contribution < -0.4 is 0 Å². The van der Waals surface area contributed by atoms with E-state index in [2.05, 4.69) is 12.1 Å². The summed E-state index contributed by atoms with van der Waals surface area (Å²) in [6, 6.07) is 6.16. The Morgan fingerprint density at radius 3 is 2.81 bits per heavy atom. The fourth-order valence-corrected chi connectivity index (χ4v) is 4.32. The van der Waals surface area contributed by atoms with Gasteiger partial charge in [0.2, 0.25) is 0 Å². The van der Waals surface area contributed by atoms with E-state index >= 15 is 0 Å². The van der Waals surface area contributed by atoms with Crippen LogP contribution in [0.3, 0.4) is 0 Å². The highest BCUT2D eigenvalue weighted by Crippen LogP contribution is 2.67. The third-order valence-corrected chi connectivity index (χ3v) is 5.51. The van der Waals surface area contributed by atoms with Crippen LogP contribution in [-0.4, -0.2) is 11.1 Å². The molecular formula is C18H20O3. The summed E-state index contributed by atoms with van der Waals surface area (Å²) in [5.74, 6) is 0.334. The Bertz CT molecular complexity index is 719. The zero-order chi connectivity index (χ0) is 14.6. The largest absolute Gasteiger partial charge is 0.478 e. The van der Waals surface area contributed by atoms with Crippen molar-refractivity contribution in [2.24, 2.45) is 5.41 Å². The average molecular weight is 284 g/mol. The first-order valence-electron chi connectivity index (χ1n) is 7.93. The Balaban J connectivity index is 1.79. The van der Waals surface area contributed by atoms with Crippen molar-refractivity contribution in [2.45, 2.75) is 51.4 Å². The van der Waals surface area contributed by atoms with Gasteiger partial charge in [0.1, 0.15) is 16.9 Å². The maximum atomic E-state index is 11.5. The highest BCUT2D eigenvalue weighted by Gasteiger charge is 2.55. The first-order valence-corrected chi connectivity index (χ1v) is 7.93. The van der Waals surface area contributed by atoms with Gasteiger partial charge >= 0.3 is 5.97 Å². The number of hydrogen-bond acceptors (Lipinski definition) is 2. The molecule has 0 amide bonds. The number of furan rings is 1. The van der Waals surface area contributed by atoms with Gasteiger partial charge in [-0.25, -0.2) is 4.79 Å². The minimum atomic E-state index is -0.880. The Hall–Kier alpha value is -1.77.